The molecule has 0 fully saturated rings. The third kappa shape index (κ3) is 11.3. The van der Waals surface area contributed by atoms with Gasteiger partial charge in [0.2, 0.25) is 0 Å². The summed E-state index contributed by atoms with van der Waals surface area (Å²) in [7, 11) is 0. The Balaban J connectivity index is 2.01. The lowest BCUT2D eigenvalue weighted by atomic mass is 10.0. The van der Waals surface area contributed by atoms with E-state index in [0.29, 0.717) is 39.6 Å². The van der Waals surface area contributed by atoms with E-state index < -0.39 is 0 Å². The molecule has 4 nitrogen and oxygen atoms in total. The van der Waals surface area contributed by atoms with Gasteiger partial charge in [0, 0.05) is 0 Å². The fraction of sp³-hybridized carbons (Fsp3) is 0.360. The van der Waals surface area contributed by atoms with Gasteiger partial charge in [-0.2, -0.15) is 0 Å². The van der Waals surface area contributed by atoms with Crippen LogP contribution in [0.3, 0.4) is 0 Å². The van der Waals surface area contributed by atoms with Crippen molar-refractivity contribution in [2.45, 2.75) is 16.1 Å². The second-order valence-electron chi connectivity index (χ2n) is 7.42. The van der Waals surface area contributed by atoms with Gasteiger partial charge in [0.05, 0.1) is 54.0 Å². The lowest BCUT2D eigenvalue weighted by Gasteiger charge is -2.16. The summed E-state index contributed by atoms with van der Waals surface area (Å²) in [6, 6.07) is 8.29. The van der Waals surface area contributed by atoms with Gasteiger partial charge in [-0.05, 0) is 106 Å². The maximum Gasteiger partial charge on any atom is 0.147 e. The van der Waals surface area contributed by atoms with Crippen molar-refractivity contribution in [3.8, 4) is 11.5 Å². The van der Waals surface area contributed by atoms with Crippen molar-refractivity contribution in [2.75, 3.05) is 39.6 Å². The average Bonchev–Trinajstić information content (AvgIpc) is 2.78. The smallest absolute Gasteiger partial charge is 0.147 e. The minimum absolute atomic E-state index is 0.0795. The quantitative estimate of drug-likeness (QED) is 0.0960. The monoisotopic (exact) mass is 864 g/mol. The number of halogens is 6. The standard InChI is InChI=1S/C25H26Br6O4/c1-3-5-32-12-18(26)14-34-24-20(28)8-16(9-21(24)29)7-17-10-22(30)25(23(31)11-17)35-15-19(27)13-33-6-4-2/h3-4,8-11,18-19H,1-2,5-7,12-15H2. The lowest BCUT2D eigenvalue weighted by Crippen LogP contribution is -2.18. The Labute approximate surface area is 258 Å². The second-order valence-corrected chi connectivity index (χ2v) is 13.4. The summed E-state index contributed by atoms with van der Waals surface area (Å²) in [5.74, 6) is 1.52. The van der Waals surface area contributed by atoms with Crippen molar-refractivity contribution >= 4 is 95.6 Å². The first-order chi connectivity index (χ1) is 16.7. The van der Waals surface area contributed by atoms with Crippen LogP contribution in [0, 0.1) is 0 Å². The predicted molar refractivity (Wildman–Crippen MR) is 165 cm³/mol. The highest BCUT2D eigenvalue weighted by Crippen LogP contribution is 2.38. The molecule has 2 atom stereocenters. The van der Waals surface area contributed by atoms with Crippen LogP contribution in [0.4, 0.5) is 0 Å². The van der Waals surface area contributed by atoms with Gasteiger partial charge in [0.1, 0.15) is 24.7 Å². The van der Waals surface area contributed by atoms with E-state index in [4.69, 9.17) is 18.9 Å². The van der Waals surface area contributed by atoms with E-state index >= 15 is 0 Å². The molecule has 10 heteroatoms. The largest absolute Gasteiger partial charge is 0.490 e. The summed E-state index contributed by atoms with van der Waals surface area (Å²) in [5.41, 5.74) is 2.27. The minimum atomic E-state index is 0.0795. The number of alkyl halides is 2. The minimum Gasteiger partial charge on any atom is -0.490 e. The molecule has 0 aromatic heterocycles. The first-order valence-electron chi connectivity index (χ1n) is 10.6. The molecular formula is C25H26Br6O4. The van der Waals surface area contributed by atoms with Crippen LogP contribution in [0.5, 0.6) is 11.5 Å². The van der Waals surface area contributed by atoms with Gasteiger partial charge in [0.15, 0.2) is 0 Å². The third-order valence-corrected chi connectivity index (χ3v) is 7.82. The normalized spacial score (nSPS) is 12.7. The summed E-state index contributed by atoms with van der Waals surface area (Å²) in [5, 5.41) is 0. The number of ether oxygens (including phenoxy) is 4. The van der Waals surface area contributed by atoms with E-state index in [-0.39, 0.29) is 9.65 Å². The van der Waals surface area contributed by atoms with E-state index in [9.17, 15) is 0 Å². The predicted octanol–water partition coefficient (Wildman–Crippen LogP) is 9.02. The Morgan fingerprint density at radius 2 is 0.971 bits per heavy atom. The van der Waals surface area contributed by atoms with Gasteiger partial charge in [0.25, 0.3) is 0 Å². The van der Waals surface area contributed by atoms with E-state index in [1.165, 1.54) is 0 Å². The van der Waals surface area contributed by atoms with Crippen molar-refractivity contribution in [1.82, 2.24) is 0 Å². The Kier molecular flexibility index (Phi) is 15.3. The van der Waals surface area contributed by atoms with E-state index in [0.717, 1.165) is 46.9 Å². The zero-order valence-corrected chi connectivity index (χ0v) is 28.4. The third-order valence-electron chi connectivity index (χ3n) is 4.41. The fourth-order valence-corrected chi connectivity index (χ4v) is 6.60. The SMILES string of the molecule is C=CCOCC(Br)COc1c(Br)cc(Cc2cc(Br)c(OCC(Br)COCC=C)c(Br)c2)cc1Br. The molecule has 192 valence electrons. The van der Waals surface area contributed by atoms with Gasteiger partial charge in [-0.1, -0.05) is 44.0 Å². The van der Waals surface area contributed by atoms with Crippen molar-refractivity contribution < 1.29 is 18.9 Å². The summed E-state index contributed by atoms with van der Waals surface area (Å²) in [4.78, 5) is 0.159. The molecule has 0 aliphatic carbocycles. The molecule has 2 aromatic carbocycles. The summed E-state index contributed by atoms with van der Waals surface area (Å²) in [6.07, 6.45) is 4.19. The van der Waals surface area contributed by atoms with Crippen molar-refractivity contribution in [3.63, 3.8) is 0 Å². The molecular weight excluding hydrogens is 844 g/mol. The fourth-order valence-electron chi connectivity index (χ4n) is 2.94. The highest BCUT2D eigenvalue weighted by atomic mass is 79.9. The number of benzene rings is 2. The Morgan fingerprint density at radius 3 is 1.29 bits per heavy atom. The number of rotatable bonds is 16. The zero-order valence-electron chi connectivity index (χ0n) is 18.9. The average molecular weight is 870 g/mol. The van der Waals surface area contributed by atoms with Gasteiger partial charge in [-0.25, -0.2) is 0 Å². The molecule has 0 N–H and O–H groups in total. The molecule has 35 heavy (non-hydrogen) atoms. The molecule has 2 aromatic rings. The van der Waals surface area contributed by atoms with Crippen LogP contribution in [0.2, 0.25) is 0 Å². The molecule has 0 amide bonds. The van der Waals surface area contributed by atoms with Crippen LogP contribution in [0.15, 0.2) is 67.5 Å². The number of hydrogen-bond donors (Lipinski definition) is 0. The maximum atomic E-state index is 6.00. The Hall–Kier alpha value is 0.320. The molecule has 2 rings (SSSR count). The van der Waals surface area contributed by atoms with Gasteiger partial charge >= 0.3 is 0 Å². The molecule has 0 radical (unpaired) electrons. The molecule has 0 spiro atoms. The lowest BCUT2D eigenvalue weighted by molar-refractivity contribution is 0.149. The molecule has 0 aliphatic heterocycles. The van der Waals surface area contributed by atoms with Gasteiger partial charge in [-0.15, -0.1) is 13.2 Å². The van der Waals surface area contributed by atoms with Crippen LogP contribution in [0.25, 0.3) is 0 Å². The van der Waals surface area contributed by atoms with Crippen LogP contribution < -0.4 is 9.47 Å². The molecule has 0 aliphatic rings. The van der Waals surface area contributed by atoms with Crippen molar-refractivity contribution in [2.24, 2.45) is 0 Å². The van der Waals surface area contributed by atoms with Crippen LogP contribution in [0.1, 0.15) is 11.1 Å². The maximum absolute atomic E-state index is 6.00. The summed E-state index contributed by atoms with van der Waals surface area (Å²) < 4.78 is 26.4. The highest BCUT2D eigenvalue weighted by molar-refractivity contribution is 9.11. The van der Waals surface area contributed by atoms with Gasteiger partial charge in [-0.3, -0.25) is 0 Å². The summed E-state index contributed by atoms with van der Waals surface area (Å²) in [6.45, 7) is 10.4. The van der Waals surface area contributed by atoms with Crippen molar-refractivity contribution in [1.29, 1.82) is 0 Å². The second kappa shape index (κ2) is 17.0. The van der Waals surface area contributed by atoms with Crippen LogP contribution >= 0.6 is 95.6 Å². The first-order valence-corrected chi connectivity index (χ1v) is 15.6. The highest BCUT2D eigenvalue weighted by Gasteiger charge is 2.15. The van der Waals surface area contributed by atoms with Crippen LogP contribution in [-0.4, -0.2) is 49.3 Å². The zero-order chi connectivity index (χ0) is 25.8. The Morgan fingerprint density at radius 1 is 0.629 bits per heavy atom. The molecule has 0 saturated carbocycles. The summed E-state index contributed by atoms with van der Waals surface area (Å²) >= 11 is 21.8. The Bertz CT molecular complexity index is 861. The first kappa shape index (κ1) is 31.5. The van der Waals surface area contributed by atoms with Crippen molar-refractivity contribution in [3.05, 3.63) is 78.6 Å². The van der Waals surface area contributed by atoms with E-state index in [1.54, 1.807) is 12.2 Å². The topological polar surface area (TPSA) is 36.9 Å². The molecule has 0 heterocycles. The van der Waals surface area contributed by atoms with E-state index in [1.807, 2.05) is 0 Å². The molecule has 2 unspecified atom stereocenters. The number of hydrogen-bond acceptors (Lipinski definition) is 4. The van der Waals surface area contributed by atoms with E-state index in [2.05, 4.69) is 133 Å². The van der Waals surface area contributed by atoms with Gasteiger partial charge < -0.3 is 18.9 Å². The molecule has 0 saturated heterocycles. The molecule has 0 bridgehead atoms. The van der Waals surface area contributed by atoms with Crippen LogP contribution in [-0.2, 0) is 15.9 Å².